The Balaban J connectivity index is 3.10. The summed E-state index contributed by atoms with van der Waals surface area (Å²) < 4.78 is 0. The topological polar surface area (TPSA) is 32.3 Å². The molecule has 0 amide bonds. The molecule has 0 unspecified atom stereocenters. The van der Waals surface area contributed by atoms with E-state index in [9.17, 15) is 0 Å². The molecule has 0 bridgehead atoms. The van der Waals surface area contributed by atoms with Crippen LogP contribution >= 0.6 is 23.2 Å². The highest BCUT2D eigenvalue weighted by Gasteiger charge is 2.14. The zero-order valence-electron chi connectivity index (χ0n) is 7.22. The van der Waals surface area contributed by atoms with Crippen LogP contribution in [0.15, 0.2) is 18.2 Å². The van der Waals surface area contributed by atoms with Crippen molar-refractivity contribution >= 4 is 23.2 Å². The smallest absolute Gasteiger partial charge is 0.0627 e. The van der Waals surface area contributed by atoms with Crippen molar-refractivity contribution in [2.45, 2.75) is 6.04 Å². The largest absolute Gasteiger partial charge is 0.394 e. The molecule has 4 heteroatoms. The SMILES string of the molecule is CN[C@@H](CO)c1c(Cl)cccc1Cl. The Hall–Kier alpha value is -0.280. The normalized spacial score (nSPS) is 12.9. The monoisotopic (exact) mass is 219 g/mol. The predicted molar refractivity (Wildman–Crippen MR) is 55.3 cm³/mol. The van der Waals surface area contributed by atoms with Gasteiger partial charge in [-0.2, -0.15) is 0 Å². The summed E-state index contributed by atoms with van der Waals surface area (Å²) in [4.78, 5) is 0. The van der Waals surface area contributed by atoms with E-state index in [1.54, 1.807) is 25.2 Å². The van der Waals surface area contributed by atoms with Crippen molar-refractivity contribution in [1.82, 2.24) is 5.32 Å². The highest BCUT2D eigenvalue weighted by molar-refractivity contribution is 6.36. The lowest BCUT2D eigenvalue weighted by Crippen LogP contribution is -2.20. The van der Waals surface area contributed by atoms with Gasteiger partial charge >= 0.3 is 0 Å². The molecule has 2 nitrogen and oxygen atoms in total. The van der Waals surface area contributed by atoms with Gasteiger partial charge in [0.05, 0.1) is 12.6 Å². The standard InChI is InChI=1S/C9H11Cl2NO/c1-12-8(5-13)9-6(10)3-2-4-7(9)11/h2-4,8,12-13H,5H2,1H3/t8-/m0/s1. The zero-order chi connectivity index (χ0) is 9.84. The minimum absolute atomic E-state index is 0.0278. The van der Waals surface area contributed by atoms with E-state index < -0.39 is 0 Å². The first kappa shape index (κ1) is 10.8. The van der Waals surface area contributed by atoms with Crippen LogP contribution in [0.2, 0.25) is 10.0 Å². The molecular weight excluding hydrogens is 209 g/mol. The van der Waals surface area contributed by atoms with Crippen LogP contribution in [0.1, 0.15) is 11.6 Å². The van der Waals surface area contributed by atoms with Crippen LogP contribution in [0.3, 0.4) is 0 Å². The second-order valence-electron chi connectivity index (χ2n) is 2.66. The van der Waals surface area contributed by atoms with Crippen LogP contribution < -0.4 is 5.32 Å². The van der Waals surface area contributed by atoms with E-state index in [-0.39, 0.29) is 12.6 Å². The summed E-state index contributed by atoms with van der Waals surface area (Å²) in [5.41, 5.74) is 0.746. The number of hydrogen-bond donors (Lipinski definition) is 2. The van der Waals surface area contributed by atoms with Gasteiger partial charge in [-0.05, 0) is 19.2 Å². The number of nitrogens with one attached hydrogen (secondary N) is 1. The molecule has 0 radical (unpaired) electrons. The van der Waals surface area contributed by atoms with Gasteiger partial charge in [0.15, 0.2) is 0 Å². The molecule has 1 rings (SSSR count). The molecule has 0 aliphatic rings. The van der Waals surface area contributed by atoms with Crippen molar-refractivity contribution in [2.75, 3.05) is 13.7 Å². The van der Waals surface area contributed by atoms with Crippen LogP contribution in [0.4, 0.5) is 0 Å². The van der Waals surface area contributed by atoms with Gasteiger partial charge < -0.3 is 10.4 Å². The highest BCUT2D eigenvalue weighted by Crippen LogP contribution is 2.29. The fourth-order valence-corrected chi connectivity index (χ4v) is 1.83. The summed E-state index contributed by atoms with van der Waals surface area (Å²) in [6, 6.07) is 5.07. The number of halogens is 2. The van der Waals surface area contributed by atoms with Gasteiger partial charge in [0.2, 0.25) is 0 Å². The Kier molecular flexibility index (Phi) is 4.00. The minimum Gasteiger partial charge on any atom is -0.394 e. The van der Waals surface area contributed by atoms with Gasteiger partial charge in [-0.3, -0.25) is 0 Å². The highest BCUT2D eigenvalue weighted by atomic mass is 35.5. The molecule has 0 heterocycles. The first-order valence-corrected chi connectivity index (χ1v) is 4.68. The maximum atomic E-state index is 9.05. The van der Waals surface area contributed by atoms with Gasteiger partial charge in [-0.1, -0.05) is 29.3 Å². The summed E-state index contributed by atoms with van der Waals surface area (Å²) in [7, 11) is 1.75. The average molecular weight is 220 g/mol. The summed E-state index contributed by atoms with van der Waals surface area (Å²) in [5.74, 6) is 0. The third kappa shape index (κ3) is 2.35. The fraction of sp³-hybridized carbons (Fsp3) is 0.333. The number of aliphatic hydroxyl groups is 1. The van der Waals surface area contributed by atoms with Gasteiger partial charge in [0.25, 0.3) is 0 Å². The van der Waals surface area contributed by atoms with E-state index in [1.807, 2.05) is 0 Å². The third-order valence-corrected chi connectivity index (χ3v) is 2.54. The summed E-state index contributed by atoms with van der Waals surface area (Å²) in [6.07, 6.45) is 0. The molecule has 1 atom stereocenters. The van der Waals surface area contributed by atoms with Crippen LogP contribution in [-0.2, 0) is 0 Å². The molecule has 0 aliphatic heterocycles. The van der Waals surface area contributed by atoms with Gasteiger partial charge in [-0.15, -0.1) is 0 Å². The van der Waals surface area contributed by atoms with Gasteiger partial charge in [0, 0.05) is 15.6 Å². The van der Waals surface area contributed by atoms with Crippen molar-refractivity contribution < 1.29 is 5.11 Å². The van der Waals surface area contributed by atoms with Crippen LogP contribution in [0.25, 0.3) is 0 Å². The first-order chi connectivity index (χ1) is 6.20. The molecule has 0 fully saturated rings. The number of likely N-dealkylation sites (N-methyl/N-ethyl adjacent to an activating group) is 1. The van der Waals surface area contributed by atoms with E-state index in [0.717, 1.165) is 5.56 Å². The third-order valence-electron chi connectivity index (χ3n) is 1.88. The van der Waals surface area contributed by atoms with Crippen molar-refractivity contribution in [3.63, 3.8) is 0 Å². The Morgan fingerprint density at radius 2 is 1.92 bits per heavy atom. The predicted octanol–water partition coefficient (Wildman–Crippen LogP) is 2.25. The van der Waals surface area contributed by atoms with Crippen molar-refractivity contribution in [1.29, 1.82) is 0 Å². The molecule has 13 heavy (non-hydrogen) atoms. The van der Waals surface area contributed by atoms with E-state index in [0.29, 0.717) is 10.0 Å². The second kappa shape index (κ2) is 4.82. The lowest BCUT2D eigenvalue weighted by Gasteiger charge is -2.16. The zero-order valence-corrected chi connectivity index (χ0v) is 8.73. The molecule has 1 aromatic rings. The van der Waals surface area contributed by atoms with Gasteiger partial charge in [0.1, 0.15) is 0 Å². The number of aliphatic hydroxyl groups excluding tert-OH is 1. The van der Waals surface area contributed by atoms with E-state index in [1.165, 1.54) is 0 Å². The van der Waals surface area contributed by atoms with Gasteiger partial charge in [-0.25, -0.2) is 0 Å². The van der Waals surface area contributed by atoms with E-state index in [4.69, 9.17) is 28.3 Å². The Morgan fingerprint density at radius 1 is 1.38 bits per heavy atom. The number of rotatable bonds is 3. The van der Waals surface area contributed by atoms with Crippen LogP contribution in [-0.4, -0.2) is 18.8 Å². The quantitative estimate of drug-likeness (QED) is 0.818. The molecule has 0 spiro atoms. The van der Waals surface area contributed by atoms with E-state index >= 15 is 0 Å². The fourth-order valence-electron chi connectivity index (χ4n) is 1.17. The first-order valence-electron chi connectivity index (χ1n) is 3.92. The maximum absolute atomic E-state index is 9.05. The molecule has 0 aliphatic carbocycles. The summed E-state index contributed by atoms with van der Waals surface area (Å²) in [6.45, 7) is -0.0278. The Bertz CT molecular complexity index is 267. The molecule has 2 N–H and O–H groups in total. The molecule has 0 saturated heterocycles. The minimum atomic E-state index is -0.207. The number of hydrogen-bond acceptors (Lipinski definition) is 2. The van der Waals surface area contributed by atoms with Crippen molar-refractivity contribution in [3.8, 4) is 0 Å². The Morgan fingerprint density at radius 3 is 2.31 bits per heavy atom. The van der Waals surface area contributed by atoms with Crippen molar-refractivity contribution in [3.05, 3.63) is 33.8 Å². The second-order valence-corrected chi connectivity index (χ2v) is 3.47. The Labute approximate surface area is 87.5 Å². The van der Waals surface area contributed by atoms with Crippen LogP contribution in [0, 0.1) is 0 Å². The maximum Gasteiger partial charge on any atom is 0.0627 e. The van der Waals surface area contributed by atoms with E-state index in [2.05, 4.69) is 5.32 Å². The van der Waals surface area contributed by atoms with Crippen molar-refractivity contribution in [2.24, 2.45) is 0 Å². The molecular formula is C9H11Cl2NO. The summed E-state index contributed by atoms with van der Waals surface area (Å²) in [5, 5.41) is 13.1. The average Bonchev–Trinajstić information content (AvgIpc) is 2.11. The lowest BCUT2D eigenvalue weighted by atomic mass is 10.1. The molecule has 72 valence electrons. The molecule has 0 aromatic heterocycles. The van der Waals surface area contributed by atoms with Crippen LogP contribution in [0.5, 0.6) is 0 Å². The summed E-state index contributed by atoms with van der Waals surface area (Å²) >= 11 is 11.9. The lowest BCUT2D eigenvalue weighted by molar-refractivity contribution is 0.251. The number of benzene rings is 1. The molecule has 0 saturated carbocycles. The molecule has 1 aromatic carbocycles.